The molecule has 2 aromatic carbocycles. The normalized spacial score (nSPS) is 18.8. The van der Waals surface area contributed by atoms with Crippen molar-refractivity contribution in [2.24, 2.45) is 5.92 Å². The summed E-state index contributed by atoms with van der Waals surface area (Å²) in [7, 11) is -3.74. The second-order valence-corrected chi connectivity index (χ2v) is 11.3. The molecule has 9 heteroatoms. The summed E-state index contributed by atoms with van der Waals surface area (Å²) in [6, 6.07) is 10.1. The van der Waals surface area contributed by atoms with Crippen LogP contribution in [0.5, 0.6) is 0 Å². The molecule has 5 rings (SSSR count). The van der Waals surface area contributed by atoms with E-state index in [0.717, 1.165) is 22.0 Å². The summed E-state index contributed by atoms with van der Waals surface area (Å²) in [6.45, 7) is 6.47. The molecule has 0 spiro atoms. The van der Waals surface area contributed by atoms with E-state index in [1.807, 2.05) is 43.1 Å². The topological polar surface area (TPSA) is 83.9 Å². The molecule has 0 radical (unpaired) electrons. The van der Waals surface area contributed by atoms with Crippen molar-refractivity contribution in [1.82, 2.24) is 24.3 Å². The van der Waals surface area contributed by atoms with Gasteiger partial charge in [0.1, 0.15) is 5.82 Å². The van der Waals surface area contributed by atoms with Gasteiger partial charge in [0.15, 0.2) is 0 Å². The van der Waals surface area contributed by atoms with Crippen LogP contribution in [0.25, 0.3) is 22.0 Å². The van der Waals surface area contributed by atoms with Gasteiger partial charge >= 0.3 is 0 Å². The van der Waals surface area contributed by atoms with Crippen LogP contribution < -0.4 is 0 Å². The molecular weight excluding hydrogens is 441 g/mol. The molecule has 3 heterocycles. The number of H-pyrrole nitrogens is 1. The summed E-state index contributed by atoms with van der Waals surface area (Å²) >= 11 is 0. The second kappa shape index (κ2) is 7.78. The van der Waals surface area contributed by atoms with E-state index in [1.54, 1.807) is 17.4 Å². The predicted molar refractivity (Wildman–Crippen MR) is 125 cm³/mol. The number of halogens is 1. The summed E-state index contributed by atoms with van der Waals surface area (Å²) < 4.78 is 44.0. The molecule has 1 aliphatic heterocycles. The Hall–Kier alpha value is -3.04. The highest BCUT2D eigenvalue weighted by Crippen LogP contribution is 2.38. The zero-order chi connectivity index (χ0) is 23.4. The molecule has 33 heavy (non-hydrogen) atoms. The lowest BCUT2D eigenvalue weighted by molar-refractivity contribution is 0.291. The Balaban J connectivity index is 1.39. The van der Waals surface area contributed by atoms with Crippen molar-refractivity contribution in [1.29, 1.82) is 0 Å². The summed E-state index contributed by atoms with van der Waals surface area (Å²) in [5.74, 6) is -0.304. The Kier molecular flexibility index (Phi) is 5.13. The van der Waals surface area contributed by atoms with E-state index in [0.29, 0.717) is 25.1 Å². The van der Waals surface area contributed by atoms with Crippen LogP contribution in [0, 0.1) is 18.7 Å². The Bertz CT molecular complexity index is 1430. The molecule has 1 saturated heterocycles. The quantitative estimate of drug-likeness (QED) is 0.473. The molecule has 172 valence electrons. The molecule has 1 fully saturated rings. The lowest BCUT2D eigenvalue weighted by Crippen LogP contribution is -2.42. The van der Waals surface area contributed by atoms with Gasteiger partial charge in [-0.1, -0.05) is 6.07 Å². The minimum Gasteiger partial charge on any atom is -0.285 e. The molecule has 2 aromatic heterocycles. The van der Waals surface area contributed by atoms with Crippen LogP contribution in [0.2, 0.25) is 0 Å². The molecule has 0 bridgehead atoms. The molecule has 1 aliphatic rings. The molecule has 4 aromatic rings. The standard InChI is InChI=1S/C24H26FN5O2S/c1-16-8-21(5-6-22(16)25)33(31,32)30-15-17(10-24(30,2)3)14-29-23-7-4-18(9-19(23)13-28-29)20-11-26-27-12-20/h4-9,11-13,17H,10,14-15H2,1-3H3,(H,26,27). The number of aryl methyl sites for hydroxylation is 1. The SMILES string of the molecule is Cc1cc(S(=O)(=O)N2CC(Cn3ncc4cc(-c5cn[nH]c5)ccc43)CC2(C)C)ccc1F. The first-order valence-corrected chi connectivity index (χ1v) is 12.3. The zero-order valence-electron chi connectivity index (χ0n) is 18.8. The van der Waals surface area contributed by atoms with Crippen molar-refractivity contribution in [2.75, 3.05) is 6.54 Å². The average Bonchev–Trinajstić information content (AvgIpc) is 3.49. The fraction of sp³-hybridized carbons (Fsp3) is 0.333. The fourth-order valence-electron chi connectivity index (χ4n) is 4.87. The van der Waals surface area contributed by atoms with Gasteiger partial charge in [-0.2, -0.15) is 14.5 Å². The number of hydrogen-bond acceptors (Lipinski definition) is 4. The molecule has 1 atom stereocenters. The highest BCUT2D eigenvalue weighted by Gasteiger charge is 2.45. The number of nitrogens with zero attached hydrogens (tertiary/aromatic N) is 4. The third-order valence-corrected chi connectivity index (χ3v) is 8.58. The number of sulfonamides is 1. The van der Waals surface area contributed by atoms with Gasteiger partial charge in [0.2, 0.25) is 10.0 Å². The Morgan fingerprint density at radius 3 is 2.70 bits per heavy atom. The fourth-order valence-corrected chi connectivity index (χ4v) is 6.82. The van der Waals surface area contributed by atoms with Crippen LogP contribution in [-0.2, 0) is 16.6 Å². The van der Waals surface area contributed by atoms with Crippen molar-refractivity contribution < 1.29 is 12.8 Å². The van der Waals surface area contributed by atoms with Gasteiger partial charge in [0, 0.05) is 35.8 Å². The largest absolute Gasteiger partial charge is 0.285 e. The molecule has 0 aliphatic carbocycles. The first-order valence-electron chi connectivity index (χ1n) is 10.9. The zero-order valence-corrected chi connectivity index (χ0v) is 19.6. The van der Waals surface area contributed by atoms with Crippen LogP contribution in [0.4, 0.5) is 4.39 Å². The Morgan fingerprint density at radius 2 is 1.97 bits per heavy atom. The second-order valence-electron chi connectivity index (χ2n) is 9.42. The number of rotatable bonds is 5. The lowest BCUT2D eigenvalue weighted by atomic mass is 9.97. The van der Waals surface area contributed by atoms with Crippen molar-refractivity contribution >= 4 is 20.9 Å². The van der Waals surface area contributed by atoms with Crippen LogP contribution in [0.3, 0.4) is 0 Å². The van der Waals surface area contributed by atoms with E-state index in [9.17, 15) is 12.8 Å². The van der Waals surface area contributed by atoms with Gasteiger partial charge in [0.05, 0.1) is 22.8 Å². The molecule has 0 amide bonds. The maximum atomic E-state index is 13.7. The van der Waals surface area contributed by atoms with E-state index in [-0.39, 0.29) is 10.8 Å². The molecule has 1 N–H and O–H groups in total. The summed E-state index contributed by atoms with van der Waals surface area (Å²) in [5.41, 5.74) is 2.85. The molecular formula is C24H26FN5O2S. The van der Waals surface area contributed by atoms with Crippen molar-refractivity contribution in [2.45, 2.75) is 44.2 Å². The predicted octanol–water partition coefficient (Wildman–Crippen LogP) is 4.36. The molecule has 1 unspecified atom stereocenters. The molecule has 7 nitrogen and oxygen atoms in total. The highest BCUT2D eigenvalue weighted by atomic mass is 32.2. The summed E-state index contributed by atoms with van der Waals surface area (Å²) in [4.78, 5) is 0.131. The van der Waals surface area contributed by atoms with Crippen molar-refractivity contribution in [3.8, 4) is 11.1 Å². The average molecular weight is 468 g/mol. The Labute approximate surface area is 192 Å². The van der Waals surface area contributed by atoms with Crippen molar-refractivity contribution in [3.05, 3.63) is 66.4 Å². The maximum Gasteiger partial charge on any atom is 0.243 e. The van der Waals surface area contributed by atoms with Crippen LogP contribution in [-0.4, -0.2) is 44.8 Å². The number of fused-ring (bicyclic) bond motifs is 1. The van der Waals surface area contributed by atoms with Crippen LogP contribution in [0.1, 0.15) is 25.8 Å². The Morgan fingerprint density at radius 1 is 1.15 bits per heavy atom. The van der Waals surface area contributed by atoms with Gasteiger partial charge in [-0.3, -0.25) is 9.78 Å². The van der Waals surface area contributed by atoms with Crippen molar-refractivity contribution in [3.63, 3.8) is 0 Å². The monoisotopic (exact) mass is 467 g/mol. The van der Waals surface area contributed by atoms with E-state index < -0.39 is 21.4 Å². The van der Waals surface area contributed by atoms with Gasteiger partial charge in [-0.15, -0.1) is 0 Å². The minimum absolute atomic E-state index is 0.105. The van der Waals surface area contributed by atoms with E-state index >= 15 is 0 Å². The van der Waals surface area contributed by atoms with E-state index in [1.165, 1.54) is 18.2 Å². The van der Waals surface area contributed by atoms with Gasteiger partial charge in [-0.05, 0) is 74.6 Å². The highest BCUT2D eigenvalue weighted by molar-refractivity contribution is 7.89. The van der Waals surface area contributed by atoms with E-state index in [4.69, 9.17) is 0 Å². The summed E-state index contributed by atoms with van der Waals surface area (Å²) in [6.07, 6.45) is 6.18. The summed E-state index contributed by atoms with van der Waals surface area (Å²) in [5, 5.41) is 12.4. The number of aromatic nitrogens is 4. The van der Waals surface area contributed by atoms with Gasteiger partial charge < -0.3 is 0 Å². The third kappa shape index (κ3) is 3.85. The van der Waals surface area contributed by atoms with Crippen LogP contribution >= 0.6 is 0 Å². The first kappa shape index (κ1) is 21.8. The lowest BCUT2D eigenvalue weighted by Gasteiger charge is -2.30. The first-order chi connectivity index (χ1) is 15.6. The number of nitrogens with one attached hydrogen (secondary N) is 1. The number of hydrogen-bond donors (Lipinski definition) is 1. The van der Waals surface area contributed by atoms with Gasteiger partial charge in [-0.25, -0.2) is 12.8 Å². The van der Waals surface area contributed by atoms with Crippen LogP contribution in [0.15, 0.2) is 59.9 Å². The van der Waals surface area contributed by atoms with E-state index in [2.05, 4.69) is 21.4 Å². The number of aromatic amines is 1. The minimum atomic E-state index is -3.74. The van der Waals surface area contributed by atoms with Gasteiger partial charge in [0.25, 0.3) is 0 Å². The number of benzene rings is 2. The smallest absolute Gasteiger partial charge is 0.243 e. The molecule has 0 saturated carbocycles. The third-order valence-electron chi connectivity index (χ3n) is 6.51. The maximum absolute atomic E-state index is 13.7.